The summed E-state index contributed by atoms with van der Waals surface area (Å²) in [7, 11) is -4.68. The maximum atomic E-state index is 10.3. The van der Waals surface area contributed by atoms with Crippen LogP contribution in [0.25, 0.3) is 0 Å². The van der Waals surface area contributed by atoms with Crippen LogP contribution in [0.15, 0.2) is 0 Å². The normalized spacial score (nSPS) is 23.6. The van der Waals surface area contributed by atoms with Gasteiger partial charge in [0.05, 0.1) is 33.0 Å². The molecule has 1 aliphatic heterocycles. The topological polar surface area (TPSA) is 103 Å². The minimum Gasteiger partial charge on any atom is -0.726 e. The van der Waals surface area contributed by atoms with Gasteiger partial charge in [0, 0.05) is 12.5 Å². The van der Waals surface area contributed by atoms with Crippen LogP contribution in [-0.2, 0) is 33.5 Å². The second kappa shape index (κ2) is 13.8. The number of ether oxygens (including phenoxy) is 4. The van der Waals surface area contributed by atoms with E-state index in [1.165, 1.54) is 38.5 Å². The van der Waals surface area contributed by atoms with Crippen molar-refractivity contribution in [3.05, 3.63) is 0 Å². The summed E-state index contributed by atoms with van der Waals surface area (Å²) in [6.45, 7) is 6.17. The summed E-state index contributed by atoms with van der Waals surface area (Å²) in [4.78, 5) is 0. The average molecular weight is 412 g/mol. The Hall–Kier alpha value is -0.290. The third-order valence-electron chi connectivity index (χ3n) is 4.31. The third kappa shape index (κ3) is 13.5. The summed E-state index contributed by atoms with van der Waals surface area (Å²) in [5, 5.41) is 0. The molecule has 1 rings (SSSR count). The van der Waals surface area contributed by atoms with Crippen LogP contribution in [0.1, 0.15) is 58.8 Å². The fraction of sp³-hybridized carbons (Fsp3) is 1.00. The molecule has 27 heavy (non-hydrogen) atoms. The number of rotatable bonds is 16. The minimum atomic E-state index is -4.68. The van der Waals surface area contributed by atoms with E-state index in [0.29, 0.717) is 19.8 Å². The molecule has 0 aromatic heterocycles. The number of hydrogen-bond acceptors (Lipinski definition) is 8. The first-order valence-corrected chi connectivity index (χ1v) is 11.2. The van der Waals surface area contributed by atoms with Gasteiger partial charge in [-0.2, -0.15) is 0 Å². The molecular formula is C18H35O8S-. The fourth-order valence-electron chi connectivity index (χ4n) is 2.72. The highest BCUT2D eigenvalue weighted by Gasteiger charge is 2.33. The molecule has 0 aliphatic carbocycles. The fourth-order valence-corrected chi connectivity index (χ4v) is 2.99. The van der Waals surface area contributed by atoms with E-state index in [0.717, 1.165) is 13.0 Å². The van der Waals surface area contributed by atoms with Crippen molar-refractivity contribution in [3.63, 3.8) is 0 Å². The second-order valence-corrected chi connectivity index (χ2v) is 8.15. The van der Waals surface area contributed by atoms with E-state index >= 15 is 0 Å². The molecule has 0 aromatic carbocycles. The van der Waals surface area contributed by atoms with Crippen LogP contribution in [-0.4, -0.2) is 65.0 Å². The van der Waals surface area contributed by atoms with Gasteiger partial charge in [-0.3, -0.25) is 4.18 Å². The van der Waals surface area contributed by atoms with Crippen LogP contribution in [0.5, 0.6) is 0 Å². The minimum absolute atomic E-state index is 0.0330. The molecule has 0 radical (unpaired) electrons. The Morgan fingerprint density at radius 3 is 2.22 bits per heavy atom. The molecule has 0 spiro atoms. The molecule has 9 heteroatoms. The van der Waals surface area contributed by atoms with Crippen molar-refractivity contribution < 1.29 is 36.1 Å². The molecule has 0 aromatic rings. The molecule has 162 valence electrons. The van der Waals surface area contributed by atoms with E-state index in [1.54, 1.807) is 6.92 Å². The van der Waals surface area contributed by atoms with Crippen molar-refractivity contribution >= 4 is 10.4 Å². The zero-order chi connectivity index (χ0) is 20.0. The number of hydrogen-bond donors (Lipinski definition) is 0. The average Bonchev–Trinajstić information content (AvgIpc) is 2.61. The Morgan fingerprint density at radius 1 is 0.963 bits per heavy atom. The maximum absolute atomic E-state index is 10.3. The van der Waals surface area contributed by atoms with Crippen LogP contribution in [0.3, 0.4) is 0 Å². The molecule has 0 N–H and O–H groups in total. The van der Waals surface area contributed by atoms with Crippen LogP contribution in [0.4, 0.5) is 0 Å². The zero-order valence-corrected chi connectivity index (χ0v) is 17.5. The number of unbranched alkanes of at least 4 members (excludes halogenated alkanes) is 6. The molecule has 8 nitrogen and oxygen atoms in total. The Balaban J connectivity index is 1.98. The molecule has 0 amide bonds. The van der Waals surface area contributed by atoms with Crippen molar-refractivity contribution in [2.75, 3.05) is 46.2 Å². The highest BCUT2D eigenvalue weighted by molar-refractivity contribution is 7.80. The summed E-state index contributed by atoms with van der Waals surface area (Å²) in [6.07, 6.45) is 8.85. The van der Waals surface area contributed by atoms with E-state index in [9.17, 15) is 13.0 Å². The van der Waals surface area contributed by atoms with Crippen molar-refractivity contribution in [1.82, 2.24) is 0 Å². The van der Waals surface area contributed by atoms with Gasteiger partial charge in [0.15, 0.2) is 5.79 Å². The standard InChI is InChI=1S/C18H36O8S/c1-3-4-5-6-7-8-9-10-22-13-17-14-24-18(2,25-15-17)16-23-11-12-26-27(19,20)21/h17H,3-16H2,1-2H3,(H,19,20,21)/p-1. The van der Waals surface area contributed by atoms with Gasteiger partial charge in [0.2, 0.25) is 10.4 Å². The van der Waals surface area contributed by atoms with Crippen LogP contribution < -0.4 is 0 Å². The Bertz CT molecular complexity index is 460. The lowest BCUT2D eigenvalue weighted by atomic mass is 10.1. The quantitative estimate of drug-likeness (QED) is 0.217. The lowest BCUT2D eigenvalue weighted by molar-refractivity contribution is -0.295. The monoisotopic (exact) mass is 411 g/mol. The highest BCUT2D eigenvalue weighted by Crippen LogP contribution is 2.22. The van der Waals surface area contributed by atoms with Gasteiger partial charge < -0.3 is 23.5 Å². The third-order valence-corrected chi connectivity index (χ3v) is 4.77. The SMILES string of the molecule is CCCCCCCCCOCC1COC(C)(COCCOS(=O)(=O)[O-])OC1. The van der Waals surface area contributed by atoms with E-state index in [1.807, 2.05) is 0 Å². The van der Waals surface area contributed by atoms with Gasteiger partial charge in [0.1, 0.15) is 6.61 Å². The lowest BCUT2D eigenvalue weighted by Gasteiger charge is -2.37. The van der Waals surface area contributed by atoms with Crippen LogP contribution >= 0.6 is 0 Å². The molecule has 0 bridgehead atoms. The predicted octanol–water partition coefficient (Wildman–Crippen LogP) is 2.63. The smallest absolute Gasteiger partial charge is 0.217 e. The first kappa shape index (κ1) is 24.7. The Kier molecular flexibility index (Phi) is 12.7. The molecule has 0 unspecified atom stereocenters. The maximum Gasteiger partial charge on any atom is 0.217 e. The summed E-state index contributed by atoms with van der Waals surface area (Å²) in [6, 6.07) is 0. The Morgan fingerprint density at radius 2 is 1.59 bits per heavy atom. The highest BCUT2D eigenvalue weighted by atomic mass is 32.3. The van der Waals surface area contributed by atoms with Crippen molar-refractivity contribution in [2.24, 2.45) is 5.92 Å². The summed E-state index contributed by atoms with van der Waals surface area (Å²) < 4.78 is 57.4. The first-order chi connectivity index (χ1) is 12.8. The molecule has 0 atom stereocenters. The van der Waals surface area contributed by atoms with Gasteiger partial charge in [-0.1, -0.05) is 45.4 Å². The molecule has 1 saturated heterocycles. The summed E-state index contributed by atoms with van der Waals surface area (Å²) in [5.41, 5.74) is 0. The van der Waals surface area contributed by atoms with E-state index < -0.39 is 16.2 Å². The molecule has 1 heterocycles. The van der Waals surface area contributed by atoms with Gasteiger partial charge in [-0.25, -0.2) is 8.42 Å². The van der Waals surface area contributed by atoms with Gasteiger partial charge in [-0.05, 0) is 13.3 Å². The van der Waals surface area contributed by atoms with Gasteiger partial charge in [0.25, 0.3) is 0 Å². The van der Waals surface area contributed by atoms with E-state index in [-0.39, 0.29) is 25.7 Å². The summed E-state index contributed by atoms with van der Waals surface area (Å²) in [5.74, 6) is -0.692. The molecule has 0 saturated carbocycles. The lowest BCUT2D eigenvalue weighted by Crippen LogP contribution is -2.46. The van der Waals surface area contributed by atoms with Gasteiger partial charge >= 0.3 is 0 Å². The largest absolute Gasteiger partial charge is 0.726 e. The first-order valence-electron chi connectivity index (χ1n) is 9.88. The molecule has 1 fully saturated rings. The second-order valence-electron chi connectivity index (χ2n) is 7.10. The van der Waals surface area contributed by atoms with Crippen LogP contribution in [0.2, 0.25) is 0 Å². The van der Waals surface area contributed by atoms with Crippen molar-refractivity contribution in [2.45, 2.75) is 64.6 Å². The Labute approximate surface area is 163 Å². The van der Waals surface area contributed by atoms with E-state index in [2.05, 4.69) is 11.1 Å². The molecule has 1 aliphatic rings. The predicted molar refractivity (Wildman–Crippen MR) is 99.1 cm³/mol. The van der Waals surface area contributed by atoms with Crippen molar-refractivity contribution in [1.29, 1.82) is 0 Å². The molecular weight excluding hydrogens is 376 g/mol. The van der Waals surface area contributed by atoms with E-state index in [4.69, 9.17) is 18.9 Å². The van der Waals surface area contributed by atoms with Crippen LogP contribution in [0, 0.1) is 5.92 Å². The summed E-state index contributed by atoms with van der Waals surface area (Å²) >= 11 is 0. The zero-order valence-electron chi connectivity index (χ0n) is 16.7. The van der Waals surface area contributed by atoms with Gasteiger partial charge in [-0.15, -0.1) is 0 Å². The van der Waals surface area contributed by atoms with Crippen molar-refractivity contribution in [3.8, 4) is 0 Å².